The van der Waals surface area contributed by atoms with Gasteiger partial charge >= 0.3 is 0 Å². The second kappa shape index (κ2) is 6.35. The molecule has 1 fully saturated rings. The monoisotopic (exact) mass is 282 g/mol. The average molecular weight is 282 g/mol. The van der Waals surface area contributed by atoms with E-state index in [4.69, 9.17) is 0 Å². The molecule has 1 aliphatic rings. The number of amides is 1. The Balaban J connectivity index is 1.67. The third-order valence-electron chi connectivity index (χ3n) is 3.57. The van der Waals surface area contributed by atoms with Crippen LogP contribution < -0.4 is 5.32 Å². The Bertz CT molecular complexity index is 591. The number of benzene rings is 1. The summed E-state index contributed by atoms with van der Waals surface area (Å²) in [6.07, 6.45) is 3.36. The summed E-state index contributed by atoms with van der Waals surface area (Å²) < 4.78 is 0. The number of nitrogens with one attached hydrogen (secondary N) is 1. The summed E-state index contributed by atoms with van der Waals surface area (Å²) in [5.74, 6) is 0.616. The Morgan fingerprint density at radius 3 is 2.38 bits per heavy atom. The number of rotatable bonds is 3. The van der Waals surface area contributed by atoms with Gasteiger partial charge in [0.05, 0.1) is 0 Å². The van der Waals surface area contributed by atoms with Crippen molar-refractivity contribution in [3.05, 3.63) is 48.2 Å². The molecule has 1 amide bonds. The van der Waals surface area contributed by atoms with Crippen molar-refractivity contribution in [3.63, 3.8) is 0 Å². The number of hydrogen-bond acceptors (Lipinski definition) is 4. The number of nitrogens with zero attached hydrogens (tertiary/aromatic N) is 3. The summed E-state index contributed by atoms with van der Waals surface area (Å²) in [6.45, 7) is 1.65. The van der Waals surface area contributed by atoms with E-state index in [1.165, 1.54) is 6.42 Å². The van der Waals surface area contributed by atoms with Gasteiger partial charge in [0.15, 0.2) is 11.5 Å². The van der Waals surface area contributed by atoms with Gasteiger partial charge in [-0.3, -0.25) is 4.79 Å². The number of likely N-dealkylation sites (tertiary alicyclic amines) is 1. The van der Waals surface area contributed by atoms with Crippen molar-refractivity contribution >= 4 is 17.4 Å². The highest BCUT2D eigenvalue weighted by atomic mass is 16.2. The molecule has 0 aliphatic carbocycles. The summed E-state index contributed by atoms with van der Waals surface area (Å²) in [5.41, 5.74) is 1.36. The first-order chi connectivity index (χ1) is 10.3. The first-order valence-electron chi connectivity index (χ1n) is 7.28. The molecule has 0 atom stereocenters. The van der Waals surface area contributed by atoms with Crippen molar-refractivity contribution in [1.82, 2.24) is 15.1 Å². The zero-order valence-electron chi connectivity index (χ0n) is 11.8. The van der Waals surface area contributed by atoms with Crippen LogP contribution in [-0.2, 0) is 0 Å². The van der Waals surface area contributed by atoms with Gasteiger partial charge in [-0.05, 0) is 43.5 Å². The lowest BCUT2D eigenvalue weighted by atomic mass is 10.1. The second-order valence-corrected chi connectivity index (χ2v) is 5.15. The van der Waals surface area contributed by atoms with Crippen LogP contribution in [0.1, 0.15) is 29.8 Å². The normalized spacial score (nSPS) is 14.8. The third kappa shape index (κ3) is 3.37. The molecule has 1 saturated heterocycles. The van der Waals surface area contributed by atoms with Crippen molar-refractivity contribution in [3.8, 4) is 0 Å². The number of piperidine rings is 1. The molecule has 0 spiro atoms. The zero-order chi connectivity index (χ0) is 14.5. The minimum atomic E-state index is -0.0199. The maximum Gasteiger partial charge on any atom is 0.274 e. The minimum absolute atomic E-state index is 0.0199. The molecule has 108 valence electrons. The summed E-state index contributed by atoms with van der Waals surface area (Å²) >= 11 is 0. The lowest BCUT2D eigenvalue weighted by Gasteiger charge is -2.26. The van der Waals surface area contributed by atoms with E-state index in [1.54, 1.807) is 12.1 Å². The highest BCUT2D eigenvalue weighted by molar-refractivity contribution is 5.92. The Kier molecular flexibility index (Phi) is 4.09. The van der Waals surface area contributed by atoms with Crippen molar-refractivity contribution in [1.29, 1.82) is 0 Å². The van der Waals surface area contributed by atoms with Crippen molar-refractivity contribution in [2.24, 2.45) is 0 Å². The average Bonchev–Trinajstić information content (AvgIpc) is 2.57. The first-order valence-corrected chi connectivity index (χ1v) is 7.28. The van der Waals surface area contributed by atoms with Gasteiger partial charge in [-0.2, -0.15) is 0 Å². The van der Waals surface area contributed by atoms with Crippen LogP contribution in [0.5, 0.6) is 0 Å². The van der Waals surface area contributed by atoms with Crippen LogP contribution >= 0.6 is 0 Å². The lowest BCUT2D eigenvalue weighted by Crippen LogP contribution is -2.36. The summed E-state index contributed by atoms with van der Waals surface area (Å²) in [6, 6.07) is 13.3. The van der Waals surface area contributed by atoms with Gasteiger partial charge in [0.25, 0.3) is 5.91 Å². The summed E-state index contributed by atoms with van der Waals surface area (Å²) in [4.78, 5) is 14.1. The number of aromatic nitrogens is 2. The van der Waals surface area contributed by atoms with Crippen molar-refractivity contribution < 1.29 is 4.79 Å². The fraction of sp³-hybridized carbons (Fsp3) is 0.312. The van der Waals surface area contributed by atoms with E-state index in [2.05, 4.69) is 15.5 Å². The Morgan fingerprint density at radius 1 is 0.952 bits per heavy atom. The van der Waals surface area contributed by atoms with Crippen LogP contribution in [0.4, 0.5) is 11.5 Å². The number of anilines is 2. The largest absolute Gasteiger partial charge is 0.339 e. The van der Waals surface area contributed by atoms with Crippen LogP contribution in [0, 0.1) is 0 Å². The molecular weight excluding hydrogens is 264 g/mol. The molecule has 0 bridgehead atoms. The molecule has 21 heavy (non-hydrogen) atoms. The number of carbonyl (C=O) groups excluding carboxylic acids is 1. The van der Waals surface area contributed by atoms with Crippen LogP contribution in [0.25, 0.3) is 0 Å². The molecule has 0 saturated carbocycles. The van der Waals surface area contributed by atoms with E-state index in [-0.39, 0.29) is 5.91 Å². The van der Waals surface area contributed by atoms with Gasteiger partial charge in [-0.15, -0.1) is 10.2 Å². The molecule has 2 heterocycles. The summed E-state index contributed by atoms with van der Waals surface area (Å²) in [7, 11) is 0. The van der Waals surface area contributed by atoms with E-state index in [9.17, 15) is 4.79 Å². The predicted molar refractivity (Wildman–Crippen MR) is 81.5 cm³/mol. The smallest absolute Gasteiger partial charge is 0.274 e. The molecule has 1 N–H and O–H groups in total. The topological polar surface area (TPSA) is 58.1 Å². The van der Waals surface area contributed by atoms with Gasteiger partial charge < -0.3 is 10.2 Å². The minimum Gasteiger partial charge on any atom is -0.339 e. The molecule has 0 unspecified atom stereocenters. The Morgan fingerprint density at radius 2 is 1.71 bits per heavy atom. The van der Waals surface area contributed by atoms with E-state index in [0.717, 1.165) is 31.6 Å². The maximum atomic E-state index is 12.3. The summed E-state index contributed by atoms with van der Waals surface area (Å²) in [5, 5.41) is 11.3. The zero-order valence-corrected chi connectivity index (χ0v) is 11.8. The van der Waals surface area contributed by atoms with Crippen LogP contribution in [-0.4, -0.2) is 34.1 Å². The quantitative estimate of drug-likeness (QED) is 0.940. The first kappa shape index (κ1) is 13.5. The van der Waals surface area contributed by atoms with E-state index < -0.39 is 0 Å². The second-order valence-electron chi connectivity index (χ2n) is 5.15. The molecule has 0 radical (unpaired) electrons. The molecule has 3 rings (SSSR count). The standard InChI is InChI=1S/C16H18N4O/c21-16(20-11-5-2-6-12-20)14-9-10-15(19-18-14)17-13-7-3-1-4-8-13/h1,3-4,7-10H,2,5-6,11-12H2,(H,17,19). The fourth-order valence-electron chi connectivity index (χ4n) is 2.44. The maximum absolute atomic E-state index is 12.3. The lowest BCUT2D eigenvalue weighted by molar-refractivity contribution is 0.0717. The highest BCUT2D eigenvalue weighted by Crippen LogP contribution is 2.15. The molecular formula is C16H18N4O. The van der Waals surface area contributed by atoms with E-state index in [1.807, 2.05) is 35.2 Å². The van der Waals surface area contributed by atoms with Crippen LogP contribution in [0.15, 0.2) is 42.5 Å². The van der Waals surface area contributed by atoms with E-state index in [0.29, 0.717) is 11.5 Å². The van der Waals surface area contributed by atoms with Crippen molar-refractivity contribution in [2.45, 2.75) is 19.3 Å². The van der Waals surface area contributed by atoms with Gasteiger partial charge in [-0.1, -0.05) is 18.2 Å². The molecule has 1 aliphatic heterocycles. The van der Waals surface area contributed by atoms with Crippen LogP contribution in [0.2, 0.25) is 0 Å². The molecule has 5 heteroatoms. The fourth-order valence-corrected chi connectivity index (χ4v) is 2.44. The highest BCUT2D eigenvalue weighted by Gasteiger charge is 2.19. The molecule has 5 nitrogen and oxygen atoms in total. The molecule has 2 aromatic rings. The molecule has 1 aromatic carbocycles. The molecule has 1 aromatic heterocycles. The van der Waals surface area contributed by atoms with Gasteiger partial charge in [-0.25, -0.2) is 0 Å². The van der Waals surface area contributed by atoms with Crippen molar-refractivity contribution in [2.75, 3.05) is 18.4 Å². The van der Waals surface area contributed by atoms with Gasteiger partial charge in [0.2, 0.25) is 0 Å². The number of para-hydroxylation sites is 1. The predicted octanol–water partition coefficient (Wildman–Crippen LogP) is 2.85. The number of hydrogen-bond donors (Lipinski definition) is 1. The van der Waals surface area contributed by atoms with Gasteiger partial charge in [0, 0.05) is 18.8 Å². The number of carbonyl (C=O) groups is 1. The Labute approximate surface area is 124 Å². The van der Waals surface area contributed by atoms with Crippen LogP contribution in [0.3, 0.4) is 0 Å². The van der Waals surface area contributed by atoms with Gasteiger partial charge in [0.1, 0.15) is 0 Å². The third-order valence-corrected chi connectivity index (χ3v) is 3.57. The Hall–Kier alpha value is -2.43. The van der Waals surface area contributed by atoms with E-state index >= 15 is 0 Å². The SMILES string of the molecule is O=C(c1ccc(Nc2ccccc2)nn1)N1CCCCC1.